The Bertz CT molecular complexity index is 889. The van der Waals surface area contributed by atoms with Gasteiger partial charge in [0.1, 0.15) is 6.61 Å². The van der Waals surface area contributed by atoms with Gasteiger partial charge in [-0.25, -0.2) is 18.4 Å². The number of alkyl carbamates (subject to hydrolysis) is 1. The third kappa shape index (κ3) is 5.66. The van der Waals surface area contributed by atoms with Gasteiger partial charge in [0.2, 0.25) is 0 Å². The molecule has 0 bridgehead atoms. The van der Waals surface area contributed by atoms with E-state index in [1.807, 2.05) is 0 Å². The summed E-state index contributed by atoms with van der Waals surface area (Å²) in [5.74, 6) is -58.7. The maximum atomic E-state index is 13.6. The van der Waals surface area contributed by atoms with Crippen molar-refractivity contribution >= 4 is 12.1 Å². The van der Waals surface area contributed by atoms with Crippen LogP contribution in [0.5, 0.6) is 0 Å². The lowest BCUT2D eigenvalue weighted by Gasteiger charge is -2.42. The first kappa shape index (κ1) is 35.3. The summed E-state index contributed by atoms with van der Waals surface area (Å²) < 4.78 is 231. The highest BCUT2D eigenvalue weighted by Gasteiger charge is 2.94. The summed E-state index contributed by atoms with van der Waals surface area (Å²) in [6.07, 6.45) is -14.0. The van der Waals surface area contributed by atoms with Crippen LogP contribution in [0, 0.1) is 0 Å². The van der Waals surface area contributed by atoms with Gasteiger partial charge in [-0.05, 0) is 6.92 Å². The number of carbonyl (C=O) groups is 2. The van der Waals surface area contributed by atoms with Crippen molar-refractivity contribution in [2.45, 2.75) is 61.2 Å². The molecule has 0 heterocycles. The predicted molar refractivity (Wildman–Crippen MR) is 85.8 cm³/mol. The van der Waals surface area contributed by atoms with Gasteiger partial charge in [0.05, 0.1) is 6.54 Å². The molecular weight excluding hydrogens is 593 g/mol. The Morgan fingerprint density at radius 2 is 1.08 bits per heavy atom. The molecule has 0 aliphatic rings. The Morgan fingerprint density at radius 1 is 0.711 bits per heavy atom. The standard InChI is InChI=1S/C16H12F17NO4/c1-5(2)6(35)37-4-3-34-9(36)38-8(19)11(22,23)13(26,27)15(30,31)16(32,33)14(28,29)12(24,25)10(20,21)7(17)18/h7-8H,1,3-4H2,2H3,(H,34,36). The van der Waals surface area contributed by atoms with E-state index in [4.69, 9.17) is 0 Å². The van der Waals surface area contributed by atoms with E-state index >= 15 is 0 Å². The lowest BCUT2D eigenvalue weighted by atomic mass is 9.89. The second-order valence-corrected chi connectivity index (χ2v) is 6.98. The van der Waals surface area contributed by atoms with Gasteiger partial charge in [-0.2, -0.15) is 65.9 Å². The number of halogens is 17. The van der Waals surface area contributed by atoms with Crippen LogP contribution in [0.4, 0.5) is 79.4 Å². The van der Waals surface area contributed by atoms with Crippen LogP contribution in [0.1, 0.15) is 6.92 Å². The van der Waals surface area contributed by atoms with Gasteiger partial charge in [0.25, 0.3) is 0 Å². The Morgan fingerprint density at radius 3 is 1.45 bits per heavy atom. The van der Waals surface area contributed by atoms with E-state index < -0.39 is 79.5 Å². The van der Waals surface area contributed by atoms with Gasteiger partial charge in [-0.15, -0.1) is 0 Å². The van der Waals surface area contributed by atoms with Crippen LogP contribution in [0.2, 0.25) is 0 Å². The van der Waals surface area contributed by atoms with Crippen LogP contribution in [-0.2, 0) is 14.3 Å². The van der Waals surface area contributed by atoms with E-state index in [1.165, 1.54) is 5.32 Å². The van der Waals surface area contributed by atoms with Crippen LogP contribution in [0.25, 0.3) is 0 Å². The topological polar surface area (TPSA) is 64.6 Å². The van der Waals surface area contributed by atoms with Crippen molar-refractivity contribution in [1.82, 2.24) is 5.32 Å². The number of carbonyl (C=O) groups excluding carboxylic acids is 2. The van der Waals surface area contributed by atoms with E-state index in [2.05, 4.69) is 16.1 Å². The highest BCUT2D eigenvalue weighted by Crippen LogP contribution is 2.63. The summed E-state index contributed by atoms with van der Waals surface area (Å²) in [5.41, 5.74) is -0.225. The number of hydrogen-bond acceptors (Lipinski definition) is 4. The smallest absolute Gasteiger partial charge is 0.410 e. The minimum atomic E-state index is -8.72. The van der Waals surface area contributed by atoms with Crippen molar-refractivity contribution in [3.63, 3.8) is 0 Å². The first-order valence-electron chi connectivity index (χ1n) is 8.93. The summed E-state index contributed by atoms with van der Waals surface area (Å²) in [6.45, 7) is 2.32. The van der Waals surface area contributed by atoms with E-state index in [0.717, 1.165) is 6.92 Å². The van der Waals surface area contributed by atoms with Gasteiger partial charge in [0.15, 0.2) is 0 Å². The average Bonchev–Trinajstić information content (AvgIpc) is 2.75. The van der Waals surface area contributed by atoms with Crippen molar-refractivity contribution in [2.24, 2.45) is 0 Å². The molecule has 22 heteroatoms. The maximum absolute atomic E-state index is 13.6. The van der Waals surface area contributed by atoms with E-state index in [-0.39, 0.29) is 5.57 Å². The summed E-state index contributed by atoms with van der Waals surface area (Å²) in [4.78, 5) is 22.1. The lowest BCUT2D eigenvalue weighted by molar-refractivity contribution is -0.453. The molecule has 1 unspecified atom stereocenters. The molecule has 0 spiro atoms. The molecule has 0 saturated heterocycles. The molecule has 0 rings (SSSR count). The van der Waals surface area contributed by atoms with Crippen molar-refractivity contribution in [3.8, 4) is 0 Å². The number of alkyl halides is 17. The Balaban J connectivity index is 6.00. The number of ether oxygens (including phenoxy) is 2. The zero-order valence-corrected chi connectivity index (χ0v) is 17.8. The number of amides is 1. The normalized spacial score (nSPS) is 15.2. The highest BCUT2D eigenvalue weighted by atomic mass is 19.4. The average molecular weight is 605 g/mol. The van der Waals surface area contributed by atoms with E-state index in [1.54, 1.807) is 0 Å². The first-order chi connectivity index (χ1) is 16.6. The molecule has 224 valence electrons. The molecule has 0 aliphatic heterocycles. The van der Waals surface area contributed by atoms with Gasteiger partial charge >= 0.3 is 66.3 Å². The SMILES string of the molecule is C=C(C)C(=O)OCCNC(=O)OC(F)C(F)(F)C(F)(F)C(F)(F)C(F)(F)C(F)(F)C(F)(F)C(F)(F)C(F)F. The fourth-order valence-corrected chi connectivity index (χ4v) is 1.92. The molecule has 38 heavy (non-hydrogen) atoms. The fourth-order valence-electron chi connectivity index (χ4n) is 1.92. The van der Waals surface area contributed by atoms with Crippen LogP contribution in [0.3, 0.4) is 0 Å². The molecule has 0 radical (unpaired) electrons. The zero-order chi connectivity index (χ0) is 30.9. The fraction of sp³-hybridized carbons (Fsp3) is 0.750. The van der Waals surface area contributed by atoms with Crippen molar-refractivity contribution < 1.29 is 93.7 Å². The molecule has 1 N–H and O–H groups in total. The second kappa shape index (κ2) is 10.8. The van der Waals surface area contributed by atoms with Crippen molar-refractivity contribution in [2.75, 3.05) is 13.2 Å². The maximum Gasteiger partial charge on any atom is 0.410 e. The van der Waals surface area contributed by atoms with Gasteiger partial charge < -0.3 is 14.8 Å². The quantitative estimate of drug-likeness (QED) is 0.124. The number of hydrogen-bond donors (Lipinski definition) is 1. The van der Waals surface area contributed by atoms with Gasteiger partial charge in [0, 0.05) is 5.57 Å². The van der Waals surface area contributed by atoms with E-state index in [9.17, 15) is 84.2 Å². The van der Waals surface area contributed by atoms with Gasteiger partial charge in [-0.1, -0.05) is 6.58 Å². The molecule has 1 amide bonds. The second-order valence-electron chi connectivity index (χ2n) is 6.98. The summed E-state index contributed by atoms with van der Waals surface area (Å²) in [7, 11) is 0. The number of rotatable bonds is 13. The lowest BCUT2D eigenvalue weighted by Crippen LogP contribution is -2.74. The predicted octanol–water partition coefficient (Wildman–Crippen LogP) is 5.84. The number of esters is 1. The third-order valence-electron chi connectivity index (χ3n) is 4.14. The zero-order valence-electron chi connectivity index (χ0n) is 17.8. The molecular formula is C16H12F17NO4. The molecule has 0 aromatic carbocycles. The Hall–Kier alpha value is -2.71. The summed E-state index contributed by atoms with van der Waals surface area (Å²) in [6, 6.07) is 0. The third-order valence-corrected chi connectivity index (χ3v) is 4.14. The van der Waals surface area contributed by atoms with E-state index in [0.29, 0.717) is 0 Å². The van der Waals surface area contributed by atoms with Gasteiger partial charge in [-0.3, -0.25) is 0 Å². The minimum Gasteiger partial charge on any atom is -0.460 e. The molecule has 1 atom stereocenters. The summed E-state index contributed by atoms with van der Waals surface area (Å²) in [5, 5.41) is 1.18. The summed E-state index contributed by atoms with van der Waals surface area (Å²) >= 11 is 0. The van der Waals surface area contributed by atoms with Crippen molar-refractivity contribution in [1.29, 1.82) is 0 Å². The molecule has 0 aromatic rings. The van der Waals surface area contributed by atoms with Crippen molar-refractivity contribution in [3.05, 3.63) is 12.2 Å². The largest absolute Gasteiger partial charge is 0.460 e. The Labute approximate surface area is 198 Å². The number of nitrogens with one attached hydrogen (secondary N) is 1. The molecule has 5 nitrogen and oxygen atoms in total. The van der Waals surface area contributed by atoms with Crippen LogP contribution in [-0.4, -0.2) is 79.5 Å². The highest BCUT2D eigenvalue weighted by molar-refractivity contribution is 5.86. The monoisotopic (exact) mass is 605 g/mol. The molecule has 0 fully saturated rings. The Kier molecular flexibility index (Phi) is 10.0. The molecule has 0 saturated carbocycles. The van der Waals surface area contributed by atoms with Crippen LogP contribution >= 0.6 is 0 Å². The molecule has 0 aliphatic carbocycles. The minimum absolute atomic E-state index is 0.225. The van der Waals surface area contributed by atoms with Crippen LogP contribution < -0.4 is 5.32 Å². The van der Waals surface area contributed by atoms with Crippen LogP contribution in [0.15, 0.2) is 12.2 Å². The first-order valence-corrected chi connectivity index (χ1v) is 8.93. The molecule has 0 aromatic heterocycles.